The van der Waals surface area contributed by atoms with Crippen LogP contribution in [0, 0.1) is 0 Å². The number of para-hydroxylation sites is 1. The maximum Gasteiger partial charge on any atom is 0.137 e. The van der Waals surface area contributed by atoms with E-state index < -0.39 is 0 Å². The molecule has 0 aliphatic carbocycles. The van der Waals surface area contributed by atoms with Crippen LogP contribution in [0.3, 0.4) is 0 Å². The Bertz CT molecular complexity index is 292. The Morgan fingerprint density at radius 3 is 2.50 bits per heavy atom. The van der Waals surface area contributed by atoms with Gasteiger partial charge in [0.1, 0.15) is 11.5 Å². The smallest absolute Gasteiger partial charge is 0.137 e. The van der Waals surface area contributed by atoms with Crippen molar-refractivity contribution in [3.05, 3.63) is 29.8 Å². The Kier molecular flexibility index (Phi) is 2.48. The Hall–Kier alpha value is -1.31. The molecule has 1 rings (SSSR count). The average Bonchev–Trinajstić information content (AvgIpc) is 2.04. The molecule has 0 spiro atoms. The number of phenols is 1. The number of aromatic hydroxyl groups is 1. The Balaban J connectivity index is 3.02. The molecule has 0 saturated carbocycles. The van der Waals surface area contributed by atoms with Crippen molar-refractivity contribution in [1.29, 1.82) is 0 Å². The van der Waals surface area contributed by atoms with E-state index in [1.54, 1.807) is 25.1 Å². The molecule has 0 aliphatic heterocycles. The molecule has 0 saturated heterocycles. The summed E-state index contributed by atoms with van der Waals surface area (Å²) in [6, 6.07) is 6.91. The van der Waals surface area contributed by atoms with Crippen molar-refractivity contribution in [2.75, 3.05) is 0 Å². The molecule has 0 amide bonds. The van der Waals surface area contributed by atoms with E-state index in [1.165, 1.54) is 6.92 Å². The number of rotatable bonds is 2. The van der Waals surface area contributed by atoms with Gasteiger partial charge in [-0.05, 0) is 13.0 Å². The van der Waals surface area contributed by atoms with Gasteiger partial charge in [0.15, 0.2) is 0 Å². The van der Waals surface area contributed by atoms with Gasteiger partial charge >= 0.3 is 0 Å². The third-order valence-corrected chi connectivity index (χ3v) is 2.01. The molecule has 1 N–H and O–H groups in total. The fraction of sp³-hybridized carbons (Fsp3) is 0.300. The fourth-order valence-electron chi connectivity index (χ4n) is 1.07. The van der Waals surface area contributed by atoms with Crippen LogP contribution in [0.5, 0.6) is 5.75 Å². The summed E-state index contributed by atoms with van der Waals surface area (Å²) in [6.07, 6.45) is 0. The van der Waals surface area contributed by atoms with Gasteiger partial charge in [-0.2, -0.15) is 0 Å². The normalized spacial score (nSPS) is 12.5. The Morgan fingerprint density at radius 1 is 1.42 bits per heavy atom. The van der Waals surface area contributed by atoms with Gasteiger partial charge in [-0.25, -0.2) is 0 Å². The van der Waals surface area contributed by atoms with Crippen LogP contribution in [0.25, 0.3) is 0 Å². The maximum atomic E-state index is 11.0. The average molecular weight is 164 g/mol. The van der Waals surface area contributed by atoms with Crippen LogP contribution in [0.15, 0.2) is 24.3 Å². The second kappa shape index (κ2) is 3.39. The van der Waals surface area contributed by atoms with Crippen LogP contribution < -0.4 is 0 Å². The fourth-order valence-corrected chi connectivity index (χ4v) is 1.07. The van der Waals surface area contributed by atoms with E-state index in [2.05, 4.69) is 0 Å². The third kappa shape index (κ3) is 1.64. The van der Waals surface area contributed by atoms with Gasteiger partial charge in [-0.1, -0.05) is 25.1 Å². The lowest BCUT2D eigenvalue weighted by atomic mass is 9.97. The number of carbonyl (C=O) groups is 1. The highest BCUT2D eigenvalue weighted by Crippen LogP contribution is 2.25. The van der Waals surface area contributed by atoms with Crippen molar-refractivity contribution >= 4 is 5.78 Å². The summed E-state index contributed by atoms with van der Waals surface area (Å²) in [7, 11) is 0. The monoisotopic (exact) mass is 164 g/mol. The summed E-state index contributed by atoms with van der Waals surface area (Å²) in [5.74, 6) is 0.0444. The van der Waals surface area contributed by atoms with Gasteiger partial charge in [0.05, 0.1) is 0 Å². The van der Waals surface area contributed by atoms with E-state index in [1.807, 2.05) is 6.07 Å². The van der Waals surface area contributed by atoms with Gasteiger partial charge in [0.2, 0.25) is 0 Å². The van der Waals surface area contributed by atoms with Crippen LogP contribution in [0.2, 0.25) is 0 Å². The first-order valence-corrected chi connectivity index (χ1v) is 3.91. The summed E-state index contributed by atoms with van der Waals surface area (Å²) in [5.41, 5.74) is 0.699. The van der Waals surface area contributed by atoms with Gasteiger partial charge < -0.3 is 5.11 Å². The molecule has 0 bridgehead atoms. The quantitative estimate of drug-likeness (QED) is 0.726. The van der Waals surface area contributed by atoms with Gasteiger partial charge in [0.25, 0.3) is 0 Å². The number of phenolic OH excluding ortho intramolecular Hbond substituents is 1. The number of carbonyl (C=O) groups excluding carboxylic acids is 1. The minimum atomic E-state index is -0.216. The minimum absolute atomic E-state index is 0.0662. The van der Waals surface area contributed by atoms with Crippen molar-refractivity contribution in [2.45, 2.75) is 19.8 Å². The second-order valence-electron chi connectivity index (χ2n) is 2.89. The first-order chi connectivity index (χ1) is 5.63. The number of hydrogen-bond donors (Lipinski definition) is 1. The van der Waals surface area contributed by atoms with E-state index in [0.717, 1.165) is 0 Å². The lowest BCUT2D eigenvalue weighted by molar-refractivity contribution is -0.118. The summed E-state index contributed by atoms with van der Waals surface area (Å²) in [4.78, 5) is 11.0. The van der Waals surface area contributed by atoms with Crippen molar-refractivity contribution in [3.8, 4) is 5.75 Å². The summed E-state index contributed by atoms with van der Waals surface area (Å²) < 4.78 is 0. The molecule has 12 heavy (non-hydrogen) atoms. The standard InChI is InChI=1S/C10H12O2/c1-7(8(2)11)9-5-3-4-6-10(9)12/h3-7,12H,1-2H3/t7-/m0/s1. The summed E-state index contributed by atoms with van der Waals surface area (Å²) in [5, 5.41) is 9.38. The van der Waals surface area contributed by atoms with E-state index in [-0.39, 0.29) is 17.5 Å². The second-order valence-corrected chi connectivity index (χ2v) is 2.89. The van der Waals surface area contributed by atoms with Gasteiger partial charge in [-0.15, -0.1) is 0 Å². The number of Topliss-reactive ketones (excluding diaryl/α,β-unsaturated/α-hetero) is 1. The molecule has 0 radical (unpaired) electrons. The molecule has 64 valence electrons. The molecule has 1 aromatic carbocycles. The van der Waals surface area contributed by atoms with Gasteiger partial charge in [-0.3, -0.25) is 4.79 Å². The lowest BCUT2D eigenvalue weighted by Crippen LogP contribution is -2.03. The molecule has 0 fully saturated rings. The van der Waals surface area contributed by atoms with Crippen molar-refractivity contribution in [2.24, 2.45) is 0 Å². The molecule has 1 atom stereocenters. The zero-order valence-corrected chi connectivity index (χ0v) is 7.24. The van der Waals surface area contributed by atoms with E-state index in [0.29, 0.717) is 5.56 Å². The van der Waals surface area contributed by atoms with Crippen LogP contribution in [0.4, 0.5) is 0 Å². The zero-order chi connectivity index (χ0) is 9.14. The van der Waals surface area contributed by atoms with E-state index in [9.17, 15) is 9.90 Å². The number of benzene rings is 1. The van der Waals surface area contributed by atoms with Crippen molar-refractivity contribution in [1.82, 2.24) is 0 Å². The number of hydrogen-bond acceptors (Lipinski definition) is 2. The molecule has 0 heterocycles. The maximum absolute atomic E-state index is 11.0. The first-order valence-electron chi connectivity index (χ1n) is 3.91. The topological polar surface area (TPSA) is 37.3 Å². The molecule has 0 unspecified atom stereocenters. The predicted molar refractivity (Wildman–Crippen MR) is 47.2 cm³/mol. The third-order valence-electron chi connectivity index (χ3n) is 2.01. The Morgan fingerprint density at radius 2 is 2.00 bits per heavy atom. The van der Waals surface area contributed by atoms with Crippen molar-refractivity contribution < 1.29 is 9.90 Å². The van der Waals surface area contributed by atoms with Crippen LogP contribution in [-0.2, 0) is 4.79 Å². The van der Waals surface area contributed by atoms with Crippen LogP contribution in [-0.4, -0.2) is 10.9 Å². The van der Waals surface area contributed by atoms with Crippen LogP contribution in [0.1, 0.15) is 25.3 Å². The minimum Gasteiger partial charge on any atom is -0.508 e. The highest BCUT2D eigenvalue weighted by molar-refractivity contribution is 5.83. The molecule has 1 aromatic rings. The molecule has 2 heteroatoms. The predicted octanol–water partition coefficient (Wildman–Crippen LogP) is 2.08. The largest absolute Gasteiger partial charge is 0.508 e. The summed E-state index contributed by atoms with van der Waals surface area (Å²) >= 11 is 0. The SMILES string of the molecule is CC(=O)[C@H](C)c1ccccc1O. The Labute approximate surface area is 71.8 Å². The molecule has 2 nitrogen and oxygen atoms in total. The van der Waals surface area contributed by atoms with Crippen LogP contribution >= 0.6 is 0 Å². The highest BCUT2D eigenvalue weighted by atomic mass is 16.3. The van der Waals surface area contributed by atoms with Gasteiger partial charge in [0, 0.05) is 11.5 Å². The highest BCUT2D eigenvalue weighted by Gasteiger charge is 2.13. The molecule has 0 aliphatic rings. The lowest BCUT2D eigenvalue weighted by Gasteiger charge is -2.08. The van der Waals surface area contributed by atoms with Crippen molar-refractivity contribution in [3.63, 3.8) is 0 Å². The number of ketones is 1. The molecular formula is C10H12O2. The van der Waals surface area contributed by atoms with E-state index >= 15 is 0 Å². The molecule has 0 aromatic heterocycles. The molecular weight excluding hydrogens is 152 g/mol. The first kappa shape index (κ1) is 8.78. The van der Waals surface area contributed by atoms with E-state index in [4.69, 9.17) is 0 Å². The zero-order valence-electron chi connectivity index (χ0n) is 7.24. The summed E-state index contributed by atoms with van der Waals surface area (Å²) in [6.45, 7) is 3.31.